The van der Waals surface area contributed by atoms with Gasteiger partial charge in [-0.15, -0.1) is 0 Å². The molecule has 0 unspecified atom stereocenters. The first-order valence-electron chi connectivity index (χ1n) is 7.53. The third-order valence-corrected chi connectivity index (χ3v) is 4.05. The number of urea groups is 1. The van der Waals surface area contributed by atoms with Crippen molar-refractivity contribution in [1.29, 1.82) is 0 Å². The molecular formula is C20H14N2O. The van der Waals surface area contributed by atoms with Crippen molar-refractivity contribution in [2.75, 3.05) is 0 Å². The van der Waals surface area contributed by atoms with Crippen LogP contribution in [0.4, 0.5) is 4.79 Å². The van der Waals surface area contributed by atoms with Crippen molar-refractivity contribution in [2.24, 2.45) is 9.98 Å². The Hall–Kier alpha value is -3.07. The number of fused-ring (bicyclic) bond motifs is 1. The number of rotatable bonds is 3. The monoisotopic (exact) mass is 298 g/mol. The first-order valence-corrected chi connectivity index (χ1v) is 7.53. The zero-order valence-electron chi connectivity index (χ0n) is 12.4. The zero-order valence-corrected chi connectivity index (χ0v) is 12.4. The minimum Gasteiger partial charge on any atom is -0.244 e. The molecule has 3 aromatic carbocycles. The molecule has 0 spiro atoms. The van der Waals surface area contributed by atoms with Crippen molar-refractivity contribution in [2.45, 2.75) is 5.92 Å². The standard InChI is InChI=1S/C20H14N2O/c23-20-21-17-13-7-12-16(19(17)22-20)18(14-8-3-1-4-9-14)15-10-5-2-6-11-15/h1-13,18H. The third-order valence-electron chi connectivity index (χ3n) is 4.05. The second-order valence-electron chi connectivity index (χ2n) is 5.48. The summed E-state index contributed by atoms with van der Waals surface area (Å²) in [4.78, 5) is 19.7. The van der Waals surface area contributed by atoms with Crippen LogP contribution in [0.1, 0.15) is 22.6 Å². The van der Waals surface area contributed by atoms with Gasteiger partial charge < -0.3 is 0 Å². The molecule has 0 N–H and O–H groups in total. The summed E-state index contributed by atoms with van der Waals surface area (Å²) >= 11 is 0. The van der Waals surface area contributed by atoms with E-state index in [9.17, 15) is 4.79 Å². The number of carbonyl (C=O) groups is 1. The molecule has 0 atom stereocenters. The Kier molecular flexibility index (Phi) is 3.31. The van der Waals surface area contributed by atoms with E-state index in [1.807, 2.05) is 54.6 Å². The maximum atomic E-state index is 11.6. The Bertz CT molecular complexity index is 940. The fourth-order valence-electron chi connectivity index (χ4n) is 3.06. The fourth-order valence-corrected chi connectivity index (χ4v) is 3.06. The highest BCUT2D eigenvalue weighted by Gasteiger charge is 2.20. The molecule has 3 aromatic rings. The van der Waals surface area contributed by atoms with E-state index in [1.165, 1.54) is 11.1 Å². The highest BCUT2D eigenvalue weighted by atomic mass is 16.2. The van der Waals surface area contributed by atoms with Gasteiger partial charge in [-0.05, 0) is 22.8 Å². The molecule has 0 aliphatic carbocycles. The molecule has 0 saturated heterocycles. The molecule has 110 valence electrons. The quantitative estimate of drug-likeness (QED) is 0.684. The second kappa shape index (κ2) is 5.61. The van der Waals surface area contributed by atoms with Crippen molar-refractivity contribution in [3.05, 3.63) is 106 Å². The van der Waals surface area contributed by atoms with Crippen molar-refractivity contribution in [1.82, 2.24) is 0 Å². The molecule has 0 aromatic heterocycles. The van der Waals surface area contributed by atoms with Crippen molar-refractivity contribution in [3.63, 3.8) is 0 Å². The van der Waals surface area contributed by atoms with Gasteiger partial charge in [-0.1, -0.05) is 72.8 Å². The minimum absolute atomic E-state index is 0.0252. The molecule has 0 bridgehead atoms. The van der Waals surface area contributed by atoms with E-state index in [0.29, 0.717) is 10.7 Å². The summed E-state index contributed by atoms with van der Waals surface area (Å²) in [6, 6.07) is 25.9. The molecule has 0 saturated carbocycles. The lowest BCUT2D eigenvalue weighted by Crippen LogP contribution is -2.28. The van der Waals surface area contributed by atoms with Gasteiger partial charge in [-0.25, -0.2) is 4.79 Å². The first kappa shape index (κ1) is 13.6. The predicted molar refractivity (Wildman–Crippen MR) is 88.0 cm³/mol. The topological polar surface area (TPSA) is 41.8 Å². The maximum absolute atomic E-state index is 11.6. The molecule has 3 heteroatoms. The van der Waals surface area contributed by atoms with E-state index in [2.05, 4.69) is 34.3 Å². The Labute approximate surface area is 133 Å². The molecule has 1 aliphatic rings. The van der Waals surface area contributed by atoms with Crippen LogP contribution in [0.25, 0.3) is 0 Å². The molecule has 2 amide bonds. The van der Waals surface area contributed by atoms with Gasteiger partial charge in [0.25, 0.3) is 0 Å². The number of nitrogens with zero attached hydrogens (tertiary/aromatic N) is 2. The van der Waals surface area contributed by atoms with Gasteiger partial charge in [0.1, 0.15) is 0 Å². The van der Waals surface area contributed by atoms with Gasteiger partial charge in [0, 0.05) is 5.92 Å². The average Bonchev–Trinajstić information content (AvgIpc) is 2.98. The Morgan fingerprint density at radius 1 is 0.652 bits per heavy atom. The molecule has 1 aliphatic heterocycles. The number of hydrogen-bond donors (Lipinski definition) is 0. The lowest BCUT2D eigenvalue weighted by Gasteiger charge is -2.18. The second-order valence-corrected chi connectivity index (χ2v) is 5.48. The lowest BCUT2D eigenvalue weighted by atomic mass is 9.85. The molecule has 0 fully saturated rings. The first-order chi connectivity index (χ1) is 11.3. The van der Waals surface area contributed by atoms with Crippen LogP contribution in [0.5, 0.6) is 0 Å². The van der Waals surface area contributed by atoms with Crippen LogP contribution in [0.15, 0.2) is 88.8 Å². The van der Waals surface area contributed by atoms with E-state index >= 15 is 0 Å². The van der Waals surface area contributed by atoms with Crippen molar-refractivity contribution >= 4 is 6.03 Å². The van der Waals surface area contributed by atoms with E-state index in [-0.39, 0.29) is 5.92 Å². The van der Waals surface area contributed by atoms with Gasteiger partial charge in [-0.3, -0.25) is 0 Å². The normalized spacial score (nSPS) is 12.7. The van der Waals surface area contributed by atoms with Crippen LogP contribution in [0.3, 0.4) is 0 Å². The highest BCUT2D eigenvalue weighted by Crippen LogP contribution is 2.29. The Balaban J connectivity index is 2.00. The van der Waals surface area contributed by atoms with Crippen LogP contribution in [-0.2, 0) is 0 Å². The van der Waals surface area contributed by atoms with E-state index in [4.69, 9.17) is 0 Å². The van der Waals surface area contributed by atoms with Crippen LogP contribution in [0, 0.1) is 0 Å². The van der Waals surface area contributed by atoms with Crippen molar-refractivity contribution in [3.8, 4) is 0 Å². The van der Waals surface area contributed by atoms with Gasteiger partial charge in [0.05, 0.1) is 10.7 Å². The molecular weight excluding hydrogens is 284 g/mol. The lowest BCUT2D eigenvalue weighted by molar-refractivity contribution is 0.256. The largest absolute Gasteiger partial charge is 0.368 e. The molecule has 3 nitrogen and oxygen atoms in total. The summed E-state index contributed by atoms with van der Waals surface area (Å²) < 4.78 is 0. The van der Waals surface area contributed by atoms with Crippen LogP contribution in [-0.4, -0.2) is 6.03 Å². The summed E-state index contributed by atoms with van der Waals surface area (Å²) in [6.07, 6.45) is 0. The van der Waals surface area contributed by atoms with Crippen LogP contribution < -0.4 is 10.7 Å². The number of amides is 2. The van der Waals surface area contributed by atoms with Gasteiger partial charge in [0.2, 0.25) is 0 Å². The van der Waals surface area contributed by atoms with Gasteiger partial charge in [0.15, 0.2) is 0 Å². The molecule has 4 rings (SSSR count). The number of carbonyl (C=O) groups excluding carboxylic acids is 1. The van der Waals surface area contributed by atoms with Gasteiger partial charge in [-0.2, -0.15) is 9.98 Å². The highest BCUT2D eigenvalue weighted by molar-refractivity contribution is 5.77. The molecule has 0 radical (unpaired) electrons. The third kappa shape index (κ3) is 2.46. The predicted octanol–water partition coefficient (Wildman–Crippen LogP) is 3.24. The SMILES string of the molecule is O=C1N=c2cccc(C(c3ccccc3)c3ccccc3)c2=N1. The Morgan fingerprint density at radius 2 is 1.26 bits per heavy atom. The smallest absolute Gasteiger partial charge is 0.244 e. The summed E-state index contributed by atoms with van der Waals surface area (Å²) in [5, 5.41) is 1.35. The summed E-state index contributed by atoms with van der Waals surface area (Å²) in [6.45, 7) is 0. The average molecular weight is 298 g/mol. The van der Waals surface area contributed by atoms with E-state index < -0.39 is 6.03 Å². The minimum atomic E-state index is -0.424. The summed E-state index contributed by atoms with van der Waals surface area (Å²) in [7, 11) is 0. The number of hydrogen-bond acceptors (Lipinski definition) is 1. The zero-order chi connectivity index (χ0) is 15.6. The maximum Gasteiger partial charge on any atom is 0.368 e. The number of benzene rings is 3. The van der Waals surface area contributed by atoms with E-state index in [0.717, 1.165) is 5.56 Å². The van der Waals surface area contributed by atoms with Crippen LogP contribution in [0.2, 0.25) is 0 Å². The Morgan fingerprint density at radius 3 is 1.87 bits per heavy atom. The molecule has 23 heavy (non-hydrogen) atoms. The number of para-hydroxylation sites is 1. The molecule has 1 heterocycles. The summed E-state index contributed by atoms with van der Waals surface area (Å²) in [5.74, 6) is 0.0252. The van der Waals surface area contributed by atoms with Crippen LogP contribution >= 0.6 is 0 Å². The fraction of sp³-hybridized carbons (Fsp3) is 0.0500. The van der Waals surface area contributed by atoms with Crippen molar-refractivity contribution < 1.29 is 4.79 Å². The van der Waals surface area contributed by atoms with Gasteiger partial charge >= 0.3 is 6.03 Å². The summed E-state index contributed by atoms with van der Waals surface area (Å²) in [5.41, 5.74) is 3.35. The van der Waals surface area contributed by atoms with E-state index in [1.54, 1.807) is 0 Å².